The molecule has 0 aliphatic heterocycles. The molecule has 1 aliphatic carbocycles. The zero-order valence-corrected chi connectivity index (χ0v) is 13.1. The van der Waals surface area contributed by atoms with E-state index >= 15 is 0 Å². The summed E-state index contributed by atoms with van der Waals surface area (Å²) in [6.45, 7) is 2.40. The van der Waals surface area contributed by atoms with E-state index < -0.39 is 0 Å². The van der Waals surface area contributed by atoms with Gasteiger partial charge in [0, 0.05) is 11.3 Å². The first-order chi connectivity index (χ1) is 10.7. The van der Waals surface area contributed by atoms with Gasteiger partial charge in [-0.15, -0.1) is 11.3 Å². The van der Waals surface area contributed by atoms with Gasteiger partial charge in [-0.3, -0.25) is 0 Å². The Morgan fingerprint density at radius 1 is 1.27 bits per heavy atom. The molecule has 1 saturated carbocycles. The van der Waals surface area contributed by atoms with Crippen LogP contribution in [0.25, 0.3) is 5.69 Å². The van der Waals surface area contributed by atoms with Crippen LogP contribution in [0, 0.1) is 6.92 Å². The second-order valence-electron chi connectivity index (χ2n) is 5.60. The highest BCUT2D eigenvalue weighted by atomic mass is 32.1. The lowest BCUT2D eigenvalue weighted by Crippen LogP contribution is -2.24. The average Bonchev–Trinajstić information content (AvgIpc) is 3.22. The van der Waals surface area contributed by atoms with Gasteiger partial charge in [-0.05, 0) is 31.9 Å². The number of aryl methyl sites for hydroxylation is 1. The Hall–Kier alpha value is -2.21. The normalized spacial score (nSPS) is 14.4. The summed E-state index contributed by atoms with van der Waals surface area (Å²) in [5.41, 5.74) is 1.69. The molecule has 1 aromatic carbocycles. The van der Waals surface area contributed by atoms with E-state index in [1.165, 1.54) is 4.68 Å². The van der Waals surface area contributed by atoms with Gasteiger partial charge in [0.1, 0.15) is 5.82 Å². The first kappa shape index (κ1) is 13.5. The first-order valence-corrected chi connectivity index (χ1v) is 8.26. The molecule has 2 aromatic heterocycles. The summed E-state index contributed by atoms with van der Waals surface area (Å²) in [7, 11) is 0. The Morgan fingerprint density at radius 3 is 2.68 bits per heavy atom. The minimum Gasteiger partial charge on any atom is -0.247 e. The molecule has 1 aliphatic rings. The smallest absolute Gasteiger partial charge is 0.247 e. The number of benzene rings is 1. The van der Waals surface area contributed by atoms with Crippen LogP contribution >= 0.6 is 11.3 Å². The summed E-state index contributed by atoms with van der Waals surface area (Å²) in [5.74, 6) is 1.29. The lowest BCUT2D eigenvalue weighted by molar-refractivity contribution is 0.638. The molecular weight excluding hydrogens is 296 g/mol. The Balaban J connectivity index is 1.79. The molecule has 4 rings (SSSR count). The van der Waals surface area contributed by atoms with Crippen LogP contribution < -0.4 is 5.69 Å². The topological polar surface area (TPSA) is 52.7 Å². The van der Waals surface area contributed by atoms with Crippen molar-refractivity contribution < 1.29 is 0 Å². The standard InChI is InChI=1S/C16H16N4OS/c1-11-17-13(10-22-11)9-19-16(21)20(14-5-3-2-4-6-14)15(18-19)12-7-8-12/h2-6,10,12H,7-9H2,1H3. The fraction of sp³-hybridized carbons (Fsp3) is 0.312. The van der Waals surface area contributed by atoms with E-state index in [0.717, 1.165) is 35.1 Å². The van der Waals surface area contributed by atoms with E-state index in [2.05, 4.69) is 10.1 Å². The molecule has 0 unspecified atom stereocenters. The number of hydrogen-bond acceptors (Lipinski definition) is 4. The van der Waals surface area contributed by atoms with Crippen LogP contribution in [0.15, 0.2) is 40.5 Å². The Morgan fingerprint density at radius 2 is 2.05 bits per heavy atom. The molecule has 3 aromatic rings. The Labute approximate surface area is 131 Å². The van der Waals surface area contributed by atoms with Crippen molar-refractivity contribution in [3.05, 3.63) is 62.7 Å². The van der Waals surface area contributed by atoms with E-state index in [9.17, 15) is 4.79 Å². The molecule has 1 fully saturated rings. The lowest BCUT2D eigenvalue weighted by atomic mass is 10.3. The van der Waals surface area contributed by atoms with E-state index in [-0.39, 0.29) is 5.69 Å². The van der Waals surface area contributed by atoms with Crippen molar-refractivity contribution in [2.45, 2.75) is 32.2 Å². The van der Waals surface area contributed by atoms with Crippen molar-refractivity contribution in [2.24, 2.45) is 0 Å². The van der Waals surface area contributed by atoms with Crippen molar-refractivity contribution in [1.82, 2.24) is 19.3 Å². The molecule has 0 radical (unpaired) electrons. The number of thiazole rings is 1. The summed E-state index contributed by atoms with van der Waals surface area (Å²) in [5, 5.41) is 7.58. The Bertz CT molecular complexity index is 858. The summed E-state index contributed by atoms with van der Waals surface area (Å²) in [4.78, 5) is 17.2. The minimum absolute atomic E-state index is 0.0845. The largest absolute Gasteiger partial charge is 0.350 e. The van der Waals surface area contributed by atoms with Gasteiger partial charge >= 0.3 is 5.69 Å². The zero-order valence-electron chi connectivity index (χ0n) is 12.3. The number of rotatable bonds is 4. The van der Waals surface area contributed by atoms with Crippen LogP contribution in [-0.2, 0) is 6.54 Å². The molecular formula is C16H16N4OS. The highest BCUT2D eigenvalue weighted by Crippen LogP contribution is 2.39. The molecule has 112 valence electrons. The molecule has 6 heteroatoms. The maximum absolute atomic E-state index is 12.8. The number of hydrogen-bond donors (Lipinski definition) is 0. The Kier molecular flexibility index (Phi) is 3.18. The third-order valence-electron chi connectivity index (χ3n) is 3.80. The third-order valence-corrected chi connectivity index (χ3v) is 4.62. The summed E-state index contributed by atoms with van der Waals surface area (Å²) >= 11 is 1.59. The molecule has 0 bridgehead atoms. The van der Waals surface area contributed by atoms with Gasteiger partial charge in [-0.25, -0.2) is 19.0 Å². The highest BCUT2D eigenvalue weighted by molar-refractivity contribution is 7.09. The van der Waals surface area contributed by atoms with E-state index in [1.807, 2.05) is 42.6 Å². The number of nitrogens with zero attached hydrogens (tertiary/aromatic N) is 4. The molecule has 0 atom stereocenters. The fourth-order valence-corrected chi connectivity index (χ4v) is 3.19. The van der Waals surface area contributed by atoms with Gasteiger partial charge in [0.05, 0.1) is 22.9 Å². The van der Waals surface area contributed by atoms with Crippen molar-refractivity contribution in [3.8, 4) is 5.69 Å². The van der Waals surface area contributed by atoms with E-state index in [4.69, 9.17) is 0 Å². The number of para-hydroxylation sites is 1. The zero-order chi connectivity index (χ0) is 15.1. The van der Waals surface area contributed by atoms with Crippen LogP contribution in [0.2, 0.25) is 0 Å². The van der Waals surface area contributed by atoms with Gasteiger partial charge in [0.25, 0.3) is 0 Å². The average molecular weight is 312 g/mol. The molecule has 5 nitrogen and oxygen atoms in total. The molecule has 22 heavy (non-hydrogen) atoms. The molecule has 2 heterocycles. The third kappa shape index (κ3) is 2.39. The predicted octanol–water partition coefficient (Wildman–Crippen LogP) is 2.72. The second-order valence-corrected chi connectivity index (χ2v) is 6.66. The van der Waals surface area contributed by atoms with Crippen LogP contribution in [0.4, 0.5) is 0 Å². The lowest BCUT2D eigenvalue weighted by Gasteiger charge is -2.03. The van der Waals surface area contributed by atoms with Crippen LogP contribution in [0.5, 0.6) is 0 Å². The van der Waals surface area contributed by atoms with Gasteiger partial charge in [-0.2, -0.15) is 5.10 Å². The molecule has 0 N–H and O–H groups in total. The predicted molar refractivity (Wildman–Crippen MR) is 85.8 cm³/mol. The quantitative estimate of drug-likeness (QED) is 0.744. The molecule has 0 saturated heterocycles. The van der Waals surface area contributed by atoms with Crippen molar-refractivity contribution in [1.29, 1.82) is 0 Å². The summed E-state index contributed by atoms with van der Waals surface area (Å²) in [6.07, 6.45) is 2.22. The first-order valence-electron chi connectivity index (χ1n) is 7.38. The second kappa shape index (κ2) is 5.21. The van der Waals surface area contributed by atoms with Gasteiger partial charge in [-0.1, -0.05) is 18.2 Å². The molecule has 0 amide bonds. The van der Waals surface area contributed by atoms with E-state index in [1.54, 1.807) is 15.9 Å². The van der Waals surface area contributed by atoms with Crippen LogP contribution in [-0.4, -0.2) is 19.3 Å². The van der Waals surface area contributed by atoms with Crippen molar-refractivity contribution in [2.75, 3.05) is 0 Å². The van der Waals surface area contributed by atoms with Crippen LogP contribution in [0.3, 0.4) is 0 Å². The van der Waals surface area contributed by atoms with Crippen molar-refractivity contribution >= 4 is 11.3 Å². The molecule has 0 spiro atoms. The van der Waals surface area contributed by atoms with Gasteiger partial charge in [0.15, 0.2) is 0 Å². The SMILES string of the molecule is Cc1nc(Cn2nc(C3CC3)n(-c3ccccc3)c2=O)cs1. The highest BCUT2D eigenvalue weighted by Gasteiger charge is 2.31. The minimum atomic E-state index is -0.0845. The van der Waals surface area contributed by atoms with Gasteiger partial charge in [0.2, 0.25) is 0 Å². The van der Waals surface area contributed by atoms with Gasteiger partial charge < -0.3 is 0 Å². The summed E-state index contributed by atoms with van der Waals surface area (Å²) < 4.78 is 3.28. The monoisotopic (exact) mass is 312 g/mol. The fourth-order valence-electron chi connectivity index (χ4n) is 2.59. The van der Waals surface area contributed by atoms with E-state index in [0.29, 0.717) is 12.5 Å². The van der Waals surface area contributed by atoms with Crippen molar-refractivity contribution in [3.63, 3.8) is 0 Å². The number of aromatic nitrogens is 4. The van der Waals surface area contributed by atoms with Crippen LogP contribution in [0.1, 0.15) is 35.3 Å². The maximum Gasteiger partial charge on any atom is 0.350 e. The maximum atomic E-state index is 12.8. The summed E-state index contributed by atoms with van der Waals surface area (Å²) in [6, 6.07) is 9.74.